The Balaban J connectivity index is 1.84. The van der Waals surface area contributed by atoms with E-state index in [2.05, 4.69) is 5.10 Å². The maximum absolute atomic E-state index is 11.9. The van der Waals surface area contributed by atoms with E-state index in [0.717, 1.165) is 12.2 Å². The topological polar surface area (TPSA) is 56.6 Å². The summed E-state index contributed by atoms with van der Waals surface area (Å²) in [6, 6.07) is 0. The number of rotatable bonds is 2. The van der Waals surface area contributed by atoms with Crippen LogP contribution in [0.3, 0.4) is 0 Å². The van der Waals surface area contributed by atoms with Crippen molar-refractivity contribution in [3.8, 4) is 5.75 Å². The van der Waals surface area contributed by atoms with Gasteiger partial charge in [-0.2, -0.15) is 5.10 Å². The minimum atomic E-state index is -0.459. The van der Waals surface area contributed by atoms with Gasteiger partial charge in [0.15, 0.2) is 5.75 Å². The number of hydrogen-bond donors (Lipinski definition) is 0. The molecule has 1 saturated heterocycles. The van der Waals surface area contributed by atoms with E-state index in [0.29, 0.717) is 13.1 Å². The Hall–Kier alpha value is -1.72. The zero-order chi connectivity index (χ0) is 14.0. The van der Waals surface area contributed by atoms with E-state index in [-0.39, 0.29) is 12.2 Å². The molecule has 0 spiro atoms. The molecular formula is C13H21N3O3. The number of aryl methyl sites for hydroxylation is 1. The molecule has 106 valence electrons. The summed E-state index contributed by atoms with van der Waals surface area (Å²) >= 11 is 0. The van der Waals surface area contributed by atoms with Gasteiger partial charge in [0.25, 0.3) is 0 Å². The van der Waals surface area contributed by atoms with Crippen LogP contribution in [0.5, 0.6) is 5.75 Å². The van der Waals surface area contributed by atoms with E-state index in [1.807, 2.05) is 34.0 Å². The molecule has 1 atom stereocenters. The van der Waals surface area contributed by atoms with Crippen molar-refractivity contribution in [1.29, 1.82) is 0 Å². The minimum absolute atomic E-state index is 0.0109. The first-order valence-electron chi connectivity index (χ1n) is 6.47. The number of carbonyl (C=O) groups excluding carboxylic acids is 1. The van der Waals surface area contributed by atoms with E-state index in [9.17, 15) is 4.79 Å². The van der Waals surface area contributed by atoms with Gasteiger partial charge in [-0.25, -0.2) is 4.79 Å². The number of ether oxygens (including phenoxy) is 2. The van der Waals surface area contributed by atoms with Gasteiger partial charge in [0, 0.05) is 20.0 Å². The fraction of sp³-hybridized carbons (Fsp3) is 0.692. The van der Waals surface area contributed by atoms with Crippen LogP contribution in [0.25, 0.3) is 0 Å². The molecule has 0 bridgehead atoms. The van der Waals surface area contributed by atoms with Crippen LogP contribution in [0.1, 0.15) is 27.2 Å². The average Bonchev–Trinajstić information content (AvgIpc) is 2.86. The molecule has 6 nitrogen and oxygen atoms in total. The molecule has 2 heterocycles. The fourth-order valence-corrected chi connectivity index (χ4v) is 1.97. The molecule has 1 aliphatic heterocycles. The van der Waals surface area contributed by atoms with Crippen LogP contribution in [0.15, 0.2) is 12.4 Å². The lowest BCUT2D eigenvalue weighted by molar-refractivity contribution is 0.0275. The Morgan fingerprint density at radius 3 is 2.79 bits per heavy atom. The van der Waals surface area contributed by atoms with E-state index < -0.39 is 5.60 Å². The smallest absolute Gasteiger partial charge is 0.410 e. The quantitative estimate of drug-likeness (QED) is 0.820. The Morgan fingerprint density at radius 2 is 2.21 bits per heavy atom. The van der Waals surface area contributed by atoms with Gasteiger partial charge < -0.3 is 14.4 Å². The van der Waals surface area contributed by atoms with Gasteiger partial charge in [-0.1, -0.05) is 0 Å². The zero-order valence-corrected chi connectivity index (χ0v) is 11.9. The van der Waals surface area contributed by atoms with Gasteiger partial charge in [-0.3, -0.25) is 4.68 Å². The predicted molar refractivity (Wildman–Crippen MR) is 70.0 cm³/mol. The normalized spacial score (nSPS) is 19.6. The molecule has 1 aromatic heterocycles. The van der Waals surface area contributed by atoms with E-state index in [1.54, 1.807) is 15.8 Å². The third kappa shape index (κ3) is 3.87. The lowest BCUT2D eigenvalue weighted by Crippen LogP contribution is -2.36. The minimum Gasteiger partial charge on any atom is -0.485 e. The molecule has 1 aliphatic rings. The Morgan fingerprint density at radius 1 is 1.47 bits per heavy atom. The highest BCUT2D eigenvalue weighted by Crippen LogP contribution is 2.19. The summed E-state index contributed by atoms with van der Waals surface area (Å²) in [5.74, 6) is 0.735. The number of likely N-dealkylation sites (tertiary alicyclic amines) is 1. The molecule has 0 aromatic carbocycles. The maximum Gasteiger partial charge on any atom is 0.410 e. The lowest BCUT2D eigenvalue weighted by Gasteiger charge is -2.24. The number of aromatic nitrogens is 2. The molecule has 0 N–H and O–H groups in total. The van der Waals surface area contributed by atoms with Crippen LogP contribution < -0.4 is 4.74 Å². The second kappa shape index (κ2) is 5.11. The van der Waals surface area contributed by atoms with Crippen LogP contribution in [0.2, 0.25) is 0 Å². The van der Waals surface area contributed by atoms with Gasteiger partial charge in [-0.15, -0.1) is 0 Å². The van der Waals surface area contributed by atoms with Crippen molar-refractivity contribution < 1.29 is 14.3 Å². The lowest BCUT2D eigenvalue weighted by atomic mass is 10.2. The average molecular weight is 267 g/mol. The molecule has 1 unspecified atom stereocenters. The Bertz CT molecular complexity index is 450. The molecular weight excluding hydrogens is 246 g/mol. The summed E-state index contributed by atoms with van der Waals surface area (Å²) in [7, 11) is 1.84. The van der Waals surface area contributed by atoms with E-state index >= 15 is 0 Å². The van der Waals surface area contributed by atoms with Gasteiger partial charge in [0.1, 0.15) is 11.7 Å². The van der Waals surface area contributed by atoms with Crippen LogP contribution in [-0.2, 0) is 11.8 Å². The molecule has 1 aromatic rings. The SMILES string of the molecule is Cn1cc(OC2CCN(C(=O)OC(C)(C)C)C2)cn1. The van der Waals surface area contributed by atoms with Crippen molar-refractivity contribution >= 4 is 6.09 Å². The third-order valence-corrected chi connectivity index (χ3v) is 2.78. The van der Waals surface area contributed by atoms with Gasteiger partial charge in [-0.05, 0) is 20.8 Å². The van der Waals surface area contributed by atoms with E-state index in [4.69, 9.17) is 9.47 Å². The second-order valence-electron chi connectivity index (χ2n) is 5.80. The van der Waals surface area contributed by atoms with Crippen molar-refractivity contribution in [2.45, 2.75) is 38.9 Å². The molecule has 6 heteroatoms. The number of nitrogens with zero attached hydrogens (tertiary/aromatic N) is 3. The van der Waals surface area contributed by atoms with Crippen LogP contribution in [0.4, 0.5) is 4.79 Å². The fourth-order valence-electron chi connectivity index (χ4n) is 1.97. The first-order valence-corrected chi connectivity index (χ1v) is 6.47. The Labute approximate surface area is 113 Å². The van der Waals surface area contributed by atoms with Crippen molar-refractivity contribution in [2.24, 2.45) is 7.05 Å². The number of amides is 1. The summed E-state index contributed by atoms with van der Waals surface area (Å²) in [4.78, 5) is 13.6. The van der Waals surface area contributed by atoms with E-state index in [1.165, 1.54) is 0 Å². The summed E-state index contributed by atoms with van der Waals surface area (Å²) < 4.78 is 12.8. The molecule has 1 amide bonds. The molecule has 1 fully saturated rings. The molecule has 2 rings (SSSR count). The predicted octanol–water partition coefficient (Wildman–Crippen LogP) is 1.81. The van der Waals surface area contributed by atoms with Gasteiger partial charge >= 0.3 is 6.09 Å². The largest absolute Gasteiger partial charge is 0.485 e. The highest BCUT2D eigenvalue weighted by molar-refractivity contribution is 5.68. The van der Waals surface area contributed by atoms with Crippen molar-refractivity contribution in [1.82, 2.24) is 14.7 Å². The Kier molecular flexibility index (Phi) is 3.68. The van der Waals surface area contributed by atoms with Crippen molar-refractivity contribution in [3.63, 3.8) is 0 Å². The highest BCUT2D eigenvalue weighted by atomic mass is 16.6. The monoisotopic (exact) mass is 267 g/mol. The summed E-state index contributed by atoms with van der Waals surface area (Å²) in [5.41, 5.74) is -0.459. The van der Waals surface area contributed by atoms with Gasteiger partial charge in [0.05, 0.1) is 18.9 Å². The second-order valence-corrected chi connectivity index (χ2v) is 5.80. The molecule has 0 radical (unpaired) electrons. The number of carbonyl (C=O) groups is 1. The molecule has 19 heavy (non-hydrogen) atoms. The first kappa shape index (κ1) is 13.7. The first-order chi connectivity index (χ1) is 8.83. The summed E-state index contributed by atoms with van der Waals surface area (Å²) in [6.45, 7) is 6.82. The zero-order valence-electron chi connectivity index (χ0n) is 11.9. The van der Waals surface area contributed by atoms with Crippen LogP contribution in [-0.4, -0.2) is 45.6 Å². The van der Waals surface area contributed by atoms with Crippen molar-refractivity contribution in [2.75, 3.05) is 13.1 Å². The van der Waals surface area contributed by atoms with Crippen molar-refractivity contribution in [3.05, 3.63) is 12.4 Å². The number of hydrogen-bond acceptors (Lipinski definition) is 4. The van der Waals surface area contributed by atoms with Crippen LogP contribution in [0, 0.1) is 0 Å². The van der Waals surface area contributed by atoms with Gasteiger partial charge in [0.2, 0.25) is 0 Å². The van der Waals surface area contributed by atoms with Crippen LogP contribution >= 0.6 is 0 Å². The standard InChI is InChI=1S/C13H21N3O3/c1-13(2,3)19-12(17)16-6-5-10(9-16)18-11-7-14-15(4)8-11/h7-8,10H,5-6,9H2,1-4H3. The maximum atomic E-state index is 11.9. The molecule has 0 saturated carbocycles. The highest BCUT2D eigenvalue weighted by Gasteiger charge is 2.30. The summed E-state index contributed by atoms with van der Waals surface area (Å²) in [6.07, 6.45) is 4.04. The third-order valence-electron chi connectivity index (χ3n) is 2.78. The molecule has 0 aliphatic carbocycles. The summed E-state index contributed by atoms with van der Waals surface area (Å²) in [5, 5.41) is 4.05.